The summed E-state index contributed by atoms with van der Waals surface area (Å²) in [6.07, 6.45) is 0.548. The molecule has 1 N–H and O–H groups in total. The van der Waals surface area contributed by atoms with Crippen molar-refractivity contribution in [1.82, 2.24) is 0 Å². The number of ether oxygens (including phenoxy) is 1. The summed E-state index contributed by atoms with van der Waals surface area (Å²) in [6.45, 7) is 3.32. The van der Waals surface area contributed by atoms with Gasteiger partial charge in [0.25, 0.3) is 5.91 Å². The van der Waals surface area contributed by atoms with Crippen molar-refractivity contribution in [3.05, 3.63) is 28.3 Å². The van der Waals surface area contributed by atoms with Crippen LogP contribution in [0.15, 0.2) is 12.1 Å². The Hall–Kier alpha value is -1.25. The van der Waals surface area contributed by atoms with E-state index in [1.807, 2.05) is 19.9 Å². The fourth-order valence-corrected chi connectivity index (χ4v) is 6.32. The minimum absolute atomic E-state index is 0.0256. The van der Waals surface area contributed by atoms with E-state index in [4.69, 9.17) is 16.3 Å². The Morgan fingerprint density at radius 3 is 2.68 bits per heavy atom. The maximum atomic E-state index is 11.9. The van der Waals surface area contributed by atoms with Crippen LogP contribution in [0.5, 0.6) is 0 Å². The molecule has 0 radical (unpaired) electrons. The first kappa shape index (κ1) is 20.1. The summed E-state index contributed by atoms with van der Waals surface area (Å²) in [4.78, 5) is 23.6. The Balaban J connectivity index is 1.75. The number of nitrogens with one attached hydrogen (secondary N) is 1. The normalized spacial score (nSPS) is 18.8. The molecule has 25 heavy (non-hydrogen) atoms. The number of esters is 1. The molecule has 0 saturated carbocycles. The SMILES string of the molecule is Cc1cc(C)c(NC(=O)COC(=O)CS[C@H]2CCS(=O)(=O)C2)c(Cl)c1. The molecule has 1 saturated heterocycles. The van der Waals surface area contributed by atoms with Crippen molar-refractivity contribution < 1.29 is 22.7 Å². The van der Waals surface area contributed by atoms with E-state index in [0.717, 1.165) is 11.1 Å². The zero-order chi connectivity index (χ0) is 18.6. The molecule has 1 fully saturated rings. The lowest BCUT2D eigenvalue weighted by Gasteiger charge is -2.12. The van der Waals surface area contributed by atoms with E-state index in [0.29, 0.717) is 17.1 Å². The molecule has 1 aromatic carbocycles. The Labute approximate surface area is 156 Å². The van der Waals surface area contributed by atoms with Gasteiger partial charge in [-0.1, -0.05) is 17.7 Å². The van der Waals surface area contributed by atoms with E-state index < -0.39 is 28.3 Å². The Kier molecular flexibility index (Phi) is 6.76. The number of carbonyl (C=O) groups excluding carboxylic acids is 2. The van der Waals surface area contributed by atoms with Gasteiger partial charge in [-0.05, 0) is 37.5 Å². The van der Waals surface area contributed by atoms with Crippen molar-refractivity contribution in [2.45, 2.75) is 25.5 Å². The summed E-state index contributed by atoms with van der Waals surface area (Å²) in [5.74, 6) is -0.737. The third-order valence-corrected chi connectivity index (χ3v) is 7.24. The molecule has 1 aliphatic heterocycles. The van der Waals surface area contributed by atoms with Gasteiger partial charge in [-0.3, -0.25) is 9.59 Å². The molecule has 1 heterocycles. The highest BCUT2D eigenvalue weighted by Gasteiger charge is 2.28. The van der Waals surface area contributed by atoms with Crippen LogP contribution < -0.4 is 5.32 Å². The second-order valence-electron chi connectivity index (χ2n) is 5.98. The maximum absolute atomic E-state index is 11.9. The zero-order valence-electron chi connectivity index (χ0n) is 14.0. The molecule has 2 rings (SSSR count). The van der Waals surface area contributed by atoms with Gasteiger partial charge in [0.15, 0.2) is 16.4 Å². The van der Waals surface area contributed by atoms with Crippen LogP contribution in [-0.2, 0) is 24.2 Å². The van der Waals surface area contributed by atoms with Crippen molar-refractivity contribution in [1.29, 1.82) is 0 Å². The third kappa shape index (κ3) is 6.20. The van der Waals surface area contributed by atoms with E-state index in [2.05, 4.69) is 5.32 Å². The van der Waals surface area contributed by atoms with Crippen LogP contribution >= 0.6 is 23.4 Å². The number of halogens is 1. The molecule has 0 unspecified atom stereocenters. The van der Waals surface area contributed by atoms with Crippen LogP contribution in [0.25, 0.3) is 0 Å². The van der Waals surface area contributed by atoms with Crippen LogP contribution in [0, 0.1) is 13.8 Å². The zero-order valence-corrected chi connectivity index (χ0v) is 16.4. The highest BCUT2D eigenvalue weighted by atomic mass is 35.5. The smallest absolute Gasteiger partial charge is 0.316 e. The predicted molar refractivity (Wildman–Crippen MR) is 100 cm³/mol. The first-order chi connectivity index (χ1) is 11.7. The number of anilines is 1. The third-order valence-electron chi connectivity index (χ3n) is 3.69. The lowest BCUT2D eigenvalue weighted by molar-refractivity contribution is -0.144. The van der Waals surface area contributed by atoms with E-state index in [1.54, 1.807) is 6.07 Å². The first-order valence-electron chi connectivity index (χ1n) is 7.70. The van der Waals surface area contributed by atoms with Gasteiger partial charge in [-0.25, -0.2) is 8.42 Å². The molecular formula is C16H20ClNO5S2. The standard InChI is InChI=1S/C16H20ClNO5S2/c1-10-5-11(2)16(13(17)6-10)18-14(19)7-23-15(20)8-24-12-3-4-25(21,22)9-12/h5-6,12H,3-4,7-9H2,1-2H3,(H,18,19)/t12-/m0/s1. The van der Waals surface area contributed by atoms with Gasteiger partial charge < -0.3 is 10.1 Å². The fourth-order valence-electron chi connectivity index (χ4n) is 2.52. The predicted octanol–water partition coefficient (Wildman–Crippen LogP) is 2.36. The molecule has 0 aliphatic carbocycles. The molecule has 1 amide bonds. The molecule has 9 heteroatoms. The summed E-state index contributed by atoms with van der Waals surface area (Å²) in [7, 11) is -2.96. The molecule has 1 atom stereocenters. The van der Waals surface area contributed by atoms with E-state index >= 15 is 0 Å². The maximum Gasteiger partial charge on any atom is 0.316 e. The number of hydrogen-bond donors (Lipinski definition) is 1. The van der Waals surface area contributed by atoms with Gasteiger partial charge in [-0.15, -0.1) is 11.8 Å². The number of rotatable bonds is 6. The lowest BCUT2D eigenvalue weighted by atomic mass is 10.1. The van der Waals surface area contributed by atoms with E-state index in [-0.39, 0.29) is 22.5 Å². The molecule has 0 spiro atoms. The molecule has 1 aromatic rings. The highest BCUT2D eigenvalue weighted by Crippen LogP contribution is 2.27. The minimum Gasteiger partial charge on any atom is -0.455 e. The number of carbonyl (C=O) groups is 2. The van der Waals surface area contributed by atoms with Crippen molar-refractivity contribution in [3.63, 3.8) is 0 Å². The Bertz CT molecular complexity index is 756. The number of hydrogen-bond acceptors (Lipinski definition) is 6. The van der Waals surface area contributed by atoms with Crippen LogP contribution in [0.4, 0.5) is 5.69 Å². The van der Waals surface area contributed by atoms with Crippen molar-refractivity contribution in [2.75, 3.05) is 29.2 Å². The van der Waals surface area contributed by atoms with Crippen molar-refractivity contribution >= 4 is 50.8 Å². The number of aryl methyl sites for hydroxylation is 2. The number of benzene rings is 1. The molecule has 1 aliphatic rings. The summed E-state index contributed by atoms with van der Waals surface area (Å²) >= 11 is 7.36. The van der Waals surface area contributed by atoms with Crippen LogP contribution in [0.1, 0.15) is 17.5 Å². The van der Waals surface area contributed by atoms with Crippen LogP contribution in [0.3, 0.4) is 0 Å². The monoisotopic (exact) mass is 405 g/mol. The Morgan fingerprint density at radius 1 is 1.36 bits per heavy atom. The summed E-state index contributed by atoms with van der Waals surface area (Å²) < 4.78 is 27.6. The summed E-state index contributed by atoms with van der Waals surface area (Å²) in [5, 5.41) is 2.98. The van der Waals surface area contributed by atoms with Crippen LogP contribution in [0.2, 0.25) is 5.02 Å². The minimum atomic E-state index is -2.96. The second kappa shape index (κ2) is 8.42. The van der Waals surface area contributed by atoms with Crippen LogP contribution in [-0.4, -0.2) is 49.4 Å². The topological polar surface area (TPSA) is 89.5 Å². The number of sulfone groups is 1. The second-order valence-corrected chi connectivity index (χ2v) is 9.91. The molecule has 6 nitrogen and oxygen atoms in total. The van der Waals surface area contributed by atoms with Gasteiger partial charge in [-0.2, -0.15) is 0 Å². The van der Waals surface area contributed by atoms with E-state index in [1.165, 1.54) is 11.8 Å². The molecule has 0 bridgehead atoms. The number of thioether (sulfide) groups is 1. The Morgan fingerprint density at radius 2 is 2.08 bits per heavy atom. The quantitative estimate of drug-likeness (QED) is 0.731. The number of amides is 1. The van der Waals surface area contributed by atoms with Gasteiger partial charge >= 0.3 is 5.97 Å². The van der Waals surface area contributed by atoms with Crippen molar-refractivity contribution in [3.8, 4) is 0 Å². The van der Waals surface area contributed by atoms with Gasteiger partial charge in [0.2, 0.25) is 0 Å². The van der Waals surface area contributed by atoms with Gasteiger partial charge in [0.05, 0.1) is 28.0 Å². The average molecular weight is 406 g/mol. The van der Waals surface area contributed by atoms with Gasteiger partial charge in [0, 0.05) is 5.25 Å². The lowest BCUT2D eigenvalue weighted by Crippen LogP contribution is -2.22. The fraction of sp³-hybridized carbons (Fsp3) is 0.500. The van der Waals surface area contributed by atoms with Gasteiger partial charge in [0.1, 0.15) is 0 Å². The molecular weight excluding hydrogens is 386 g/mol. The van der Waals surface area contributed by atoms with Crippen molar-refractivity contribution in [2.24, 2.45) is 0 Å². The largest absolute Gasteiger partial charge is 0.455 e. The molecule has 0 aromatic heterocycles. The first-order valence-corrected chi connectivity index (χ1v) is 11.0. The molecule has 138 valence electrons. The summed E-state index contributed by atoms with van der Waals surface area (Å²) in [5.41, 5.74) is 2.31. The average Bonchev–Trinajstić information content (AvgIpc) is 2.86. The summed E-state index contributed by atoms with van der Waals surface area (Å²) in [6, 6.07) is 3.63. The van der Waals surface area contributed by atoms with E-state index in [9.17, 15) is 18.0 Å². The highest BCUT2D eigenvalue weighted by molar-refractivity contribution is 8.02.